The van der Waals surface area contributed by atoms with Crippen LogP contribution in [0.15, 0.2) is 34.7 Å². The number of furan rings is 1. The molecule has 2 atom stereocenters. The molecule has 0 aliphatic carbocycles. The van der Waals surface area contributed by atoms with E-state index in [0.29, 0.717) is 34.8 Å². The molecule has 0 aliphatic heterocycles. The standard InChI is InChI=1S/C26H37N4O9P/c1-4-6-7-8-20(21(5-2)30(35)16-31)25(33)27-14-28-26(34)23-12-11-22(39-23)18-9-10-19(17(3)13-18)24(32)29-15-40(36,37)38/h9-13,16,20-21,35H,4-8,14-15H2,1-3H3,(H,27,33)(H,28,34)(H,29,32)(H2,36,37,38)/t20-,21-/m1/s1. The summed E-state index contributed by atoms with van der Waals surface area (Å²) >= 11 is 0. The van der Waals surface area contributed by atoms with Gasteiger partial charge in [-0.2, -0.15) is 0 Å². The van der Waals surface area contributed by atoms with Crippen LogP contribution in [0.1, 0.15) is 72.4 Å². The van der Waals surface area contributed by atoms with E-state index in [9.17, 15) is 29.0 Å². The van der Waals surface area contributed by atoms with Crippen LogP contribution in [0.3, 0.4) is 0 Å². The SMILES string of the molecule is CCCCC[C@@H](C(=O)NCNC(=O)c1ccc(-c2ccc(C(=O)NCP(=O)(O)O)c(C)c2)o1)[C@@H](CC)N(O)C=O. The molecule has 40 heavy (non-hydrogen) atoms. The van der Waals surface area contributed by atoms with Crippen molar-refractivity contribution in [2.45, 2.75) is 58.9 Å². The van der Waals surface area contributed by atoms with E-state index in [1.165, 1.54) is 12.1 Å². The summed E-state index contributed by atoms with van der Waals surface area (Å²) in [5.74, 6) is -1.93. The van der Waals surface area contributed by atoms with Gasteiger partial charge in [-0.15, -0.1) is 0 Å². The van der Waals surface area contributed by atoms with E-state index in [0.717, 1.165) is 19.3 Å². The van der Waals surface area contributed by atoms with Gasteiger partial charge in [0.15, 0.2) is 5.76 Å². The van der Waals surface area contributed by atoms with E-state index < -0.39 is 43.6 Å². The lowest BCUT2D eigenvalue weighted by atomic mass is 9.90. The molecule has 1 aromatic carbocycles. The molecule has 0 unspecified atom stereocenters. The predicted molar refractivity (Wildman–Crippen MR) is 145 cm³/mol. The van der Waals surface area contributed by atoms with Crippen LogP contribution in [0.2, 0.25) is 0 Å². The van der Waals surface area contributed by atoms with Crippen molar-refractivity contribution >= 4 is 31.7 Å². The summed E-state index contributed by atoms with van der Waals surface area (Å²) in [6.45, 7) is 5.25. The van der Waals surface area contributed by atoms with Gasteiger partial charge in [-0.3, -0.25) is 29.0 Å². The van der Waals surface area contributed by atoms with Gasteiger partial charge < -0.3 is 30.2 Å². The molecule has 1 heterocycles. The van der Waals surface area contributed by atoms with E-state index in [-0.39, 0.29) is 24.4 Å². The highest BCUT2D eigenvalue weighted by molar-refractivity contribution is 7.51. The minimum atomic E-state index is -4.39. The number of hydrogen-bond donors (Lipinski definition) is 6. The van der Waals surface area contributed by atoms with Gasteiger partial charge in [-0.25, -0.2) is 5.06 Å². The number of unbranched alkanes of at least 4 members (excludes halogenated alkanes) is 2. The maximum absolute atomic E-state index is 12.9. The molecule has 4 amide bonds. The van der Waals surface area contributed by atoms with Gasteiger partial charge in [0, 0.05) is 11.1 Å². The number of rotatable bonds is 16. The fourth-order valence-corrected chi connectivity index (χ4v) is 4.58. The van der Waals surface area contributed by atoms with Gasteiger partial charge in [0.25, 0.3) is 11.8 Å². The highest BCUT2D eigenvalue weighted by atomic mass is 31.2. The van der Waals surface area contributed by atoms with Gasteiger partial charge >= 0.3 is 7.60 Å². The number of hydroxylamine groups is 2. The smallest absolute Gasteiger partial charge is 0.344 e. The third-order valence-corrected chi connectivity index (χ3v) is 6.90. The van der Waals surface area contributed by atoms with Crippen LogP contribution in [-0.4, -0.2) is 63.2 Å². The lowest BCUT2D eigenvalue weighted by Crippen LogP contribution is -2.47. The fraction of sp³-hybridized carbons (Fsp3) is 0.462. The first-order chi connectivity index (χ1) is 18.9. The Morgan fingerprint density at radius 2 is 1.77 bits per heavy atom. The number of carbonyl (C=O) groups is 4. The number of hydrogen-bond acceptors (Lipinski definition) is 7. The van der Waals surface area contributed by atoms with Crippen molar-refractivity contribution in [3.8, 4) is 11.3 Å². The van der Waals surface area contributed by atoms with Gasteiger partial charge in [-0.05, 0) is 49.6 Å². The number of nitrogens with zero attached hydrogens (tertiary/aromatic N) is 1. The summed E-state index contributed by atoms with van der Waals surface area (Å²) in [5.41, 5.74) is 1.33. The number of nitrogens with one attached hydrogen (secondary N) is 3. The summed E-state index contributed by atoms with van der Waals surface area (Å²) in [4.78, 5) is 66.6. The van der Waals surface area contributed by atoms with Crippen LogP contribution in [0.5, 0.6) is 0 Å². The lowest BCUT2D eigenvalue weighted by molar-refractivity contribution is -0.168. The summed E-state index contributed by atoms with van der Waals surface area (Å²) < 4.78 is 16.6. The van der Waals surface area contributed by atoms with Crippen molar-refractivity contribution in [3.63, 3.8) is 0 Å². The number of benzene rings is 1. The Kier molecular flexibility index (Phi) is 12.5. The van der Waals surface area contributed by atoms with Gasteiger partial charge in [0.05, 0.1) is 18.6 Å². The molecule has 0 fully saturated rings. The summed E-state index contributed by atoms with van der Waals surface area (Å²) in [5, 5.41) is 17.8. The summed E-state index contributed by atoms with van der Waals surface area (Å²) in [6.07, 6.45) is 2.94. The van der Waals surface area contributed by atoms with Gasteiger partial charge in [-0.1, -0.05) is 39.2 Å². The van der Waals surface area contributed by atoms with Crippen LogP contribution < -0.4 is 16.0 Å². The normalized spacial score (nSPS) is 12.8. The van der Waals surface area contributed by atoms with E-state index in [1.807, 2.05) is 6.92 Å². The highest BCUT2D eigenvalue weighted by Gasteiger charge is 2.30. The molecule has 2 aromatic rings. The Balaban J connectivity index is 2.00. The molecular weight excluding hydrogens is 543 g/mol. The largest absolute Gasteiger partial charge is 0.451 e. The van der Waals surface area contributed by atoms with Crippen molar-refractivity contribution in [2.75, 3.05) is 13.0 Å². The zero-order valence-corrected chi connectivity index (χ0v) is 23.6. The van der Waals surface area contributed by atoms with Crippen molar-refractivity contribution in [1.82, 2.24) is 21.0 Å². The second-order valence-electron chi connectivity index (χ2n) is 9.31. The molecule has 13 nitrogen and oxygen atoms in total. The molecule has 0 saturated carbocycles. The second-order valence-corrected chi connectivity index (χ2v) is 11.0. The zero-order chi connectivity index (χ0) is 29.9. The van der Waals surface area contributed by atoms with E-state index in [4.69, 9.17) is 14.2 Å². The van der Waals surface area contributed by atoms with Crippen molar-refractivity contribution in [1.29, 1.82) is 0 Å². The Labute approximate surface area is 232 Å². The van der Waals surface area contributed by atoms with Crippen LogP contribution in [0, 0.1) is 12.8 Å². The number of aryl methyl sites for hydroxylation is 1. The molecule has 0 radical (unpaired) electrons. The zero-order valence-electron chi connectivity index (χ0n) is 22.8. The van der Waals surface area contributed by atoms with Crippen LogP contribution in [-0.2, 0) is 14.2 Å². The minimum Gasteiger partial charge on any atom is -0.451 e. The molecule has 0 bridgehead atoms. The monoisotopic (exact) mass is 580 g/mol. The van der Waals surface area contributed by atoms with Gasteiger partial charge in [0.2, 0.25) is 12.3 Å². The van der Waals surface area contributed by atoms with Crippen LogP contribution in [0.4, 0.5) is 0 Å². The summed E-state index contributed by atoms with van der Waals surface area (Å²) in [7, 11) is -4.39. The Hall–Kier alpha value is -3.51. The predicted octanol–water partition coefficient (Wildman–Crippen LogP) is 2.75. The highest BCUT2D eigenvalue weighted by Crippen LogP contribution is 2.32. The molecular formula is C26H37N4O9P. The average Bonchev–Trinajstić information content (AvgIpc) is 3.41. The van der Waals surface area contributed by atoms with Crippen molar-refractivity contribution < 1.29 is 43.2 Å². The molecule has 14 heteroatoms. The number of amides is 4. The summed E-state index contributed by atoms with van der Waals surface area (Å²) in [6, 6.07) is 7.03. The maximum Gasteiger partial charge on any atom is 0.344 e. The molecule has 0 aliphatic rings. The van der Waals surface area contributed by atoms with Crippen molar-refractivity contribution in [2.24, 2.45) is 5.92 Å². The molecule has 0 saturated heterocycles. The number of carbonyl (C=O) groups excluding carboxylic acids is 4. The Morgan fingerprint density at radius 3 is 2.38 bits per heavy atom. The quantitative estimate of drug-likeness (QED) is 0.0431. The first-order valence-corrected chi connectivity index (χ1v) is 14.7. The lowest BCUT2D eigenvalue weighted by Gasteiger charge is -2.29. The van der Waals surface area contributed by atoms with Gasteiger partial charge in [0.1, 0.15) is 12.0 Å². The Morgan fingerprint density at radius 1 is 1.05 bits per heavy atom. The second kappa shape index (κ2) is 15.3. The van der Waals surface area contributed by atoms with Crippen LogP contribution in [0.25, 0.3) is 11.3 Å². The Bertz CT molecular complexity index is 1230. The molecule has 2 rings (SSSR count). The fourth-order valence-electron chi connectivity index (χ4n) is 4.23. The molecule has 6 N–H and O–H groups in total. The third-order valence-electron chi connectivity index (χ3n) is 6.33. The molecule has 0 spiro atoms. The first kappa shape index (κ1) is 32.7. The minimum absolute atomic E-state index is 0.0150. The molecule has 220 valence electrons. The molecule has 1 aromatic heterocycles. The van der Waals surface area contributed by atoms with E-state index in [1.54, 1.807) is 32.0 Å². The third kappa shape index (κ3) is 9.60. The average molecular weight is 581 g/mol. The maximum atomic E-state index is 12.9. The first-order valence-electron chi connectivity index (χ1n) is 12.9. The topological polar surface area (TPSA) is 199 Å². The van der Waals surface area contributed by atoms with Crippen LogP contribution >= 0.6 is 7.60 Å². The van der Waals surface area contributed by atoms with E-state index in [2.05, 4.69) is 16.0 Å². The van der Waals surface area contributed by atoms with Crippen molar-refractivity contribution in [3.05, 3.63) is 47.2 Å². The van der Waals surface area contributed by atoms with E-state index >= 15 is 0 Å².